The molecule has 1 aromatic heterocycles. The zero-order valence-corrected chi connectivity index (χ0v) is 24.2. The van der Waals surface area contributed by atoms with Crippen LogP contribution in [-0.4, -0.2) is 49.1 Å². The SMILES string of the molecule is CNC(=O)c1ccc2cc(-c3ccc([C@@]4(C(C(=O)OC(C)[Si])C(C)C)CCCCS4(=O)=O)s3)ccc2c1. The highest BCUT2D eigenvalue weighted by molar-refractivity contribution is 7.92. The summed E-state index contributed by atoms with van der Waals surface area (Å²) in [4.78, 5) is 27.0. The van der Waals surface area contributed by atoms with E-state index in [9.17, 15) is 18.0 Å². The molecule has 37 heavy (non-hydrogen) atoms. The minimum atomic E-state index is -3.63. The number of nitrogens with one attached hydrogen (secondary N) is 1. The second kappa shape index (κ2) is 10.7. The first-order valence-electron chi connectivity index (χ1n) is 12.5. The average Bonchev–Trinajstić information content (AvgIpc) is 3.34. The predicted octanol–water partition coefficient (Wildman–Crippen LogP) is 5.05. The standard InChI is InChI=1S/C28H32NO5S2Si/c1-17(2)25(27(31)34-18(3)37)28(13-5-6-14-36(28,32)33)24-12-11-23(35-24)21-9-7-20-16-22(26(30)29-4)10-8-19(20)15-21/h7-12,15-18,25H,5-6,13-14H2,1-4H3,(H,29,30)/t18?,25?,28-/m1/s1. The van der Waals surface area contributed by atoms with E-state index in [1.165, 1.54) is 11.3 Å². The summed E-state index contributed by atoms with van der Waals surface area (Å²) in [5.74, 6) is -1.62. The second-order valence-electron chi connectivity index (χ2n) is 9.99. The normalized spacial score (nSPS) is 20.9. The molecule has 3 aromatic rings. The van der Waals surface area contributed by atoms with Gasteiger partial charge >= 0.3 is 5.97 Å². The molecule has 1 aliphatic heterocycles. The van der Waals surface area contributed by atoms with E-state index in [4.69, 9.17) is 4.74 Å². The van der Waals surface area contributed by atoms with Gasteiger partial charge in [-0.25, -0.2) is 8.42 Å². The number of carbonyl (C=O) groups is 2. The van der Waals surface area contributed by atoms with E-state index >= 15 is 0 Å². The lowest BCUT2D eigenvalue weighted by molar-refractivity contribution is -0.153. The van der Waals surface area contributed by atoms with Gasteiger partial charge in [0, 0.05) is 22.4 Å². The lowest BCUT2D eigenvalue weighted by Crippen LogP contribution is -2.51. The zero-order chi connectivity index (χ0) is 27.0. The molecule has 1 N–H and O–H groups in total. The third-order valence-electron chi connectivity index (χ3n) is 7.12. The van der Waals surface area contributed by atoms with Crippen LogP contribution in [0.1, 0.15) is 55.3 Å². The summed E-state index contributed by atoms with van der Waals surface area (Å²) < 4.78 is 31.9. The van der Waals surface area contributed by atoms with E-state index in [1.807, 2.05) is 56.3 Å². The zero-order valence-electron chi connectivity index (χ0n) is 21.5. The van der Waals surface area contributed by atoms with Gasteiger partial charge in [-0.15, -0.1) is 11.3 Å². The molecule has 0 saturated carbocycles. The van der Waals surface area contributed by atoms with Crippen LogP contribution >= 0.6 is 11.3 Å². The number of hydrogen-bond donors (Lipinski definition) is 1. The second-order valence-corrected chi connectivity index (χ2v) is 14.2. The Kier molecular flexibility index (Phi) is 7.97. The summed E-state index contributed by atoms with van der Waals surface area (Å²) in [6, 6.07) is 15.4. The van der Waals surface area contributed by atoms with Crippen LogP contribution in [0.15, 0.2) is 48.5 Å². The number of carbonyl (C=O) groups excluding carboxylic acids is 2. The highest BCUT2D eigenvalue weighted by Crippen LogP contribution is 2.52. The van der Waals surface area contributed by atoms with Gasteiger partial charge in [0.25, 0.3) is 5.91 Å². The largest absolute Gasteiger partial charge is 0.467 e. The first kappa shape index (κ1) is 27.5. The van der Waals surface area contributed by atoms with Crippen molar-refractivity contribution in [2.75, 3.05) is 12.8 Å². The van der Waals surface area contributed by atoms with Gasteiger partial charge in [0.15, 0.2) is 9.84 Å². The molecule has 3 radical (unpaired) electrons. The Morgan fingerprint density at radius 2 is 1.73 bits per heavy atom. The van der Waals surface area contributed by atoms with Gasteiger partial charge in [0.2, 0.25) is 0 Å². The fourth-order valence-corrected chi connectivity index (χ4v) is 9.76. The molecule has 2 aromatic carbocycles. The van der Waals surface area contributed by atoms with E-state index in [2.05, 4.69) is 15.6 Å². The van der Waals surface area contributed by atoms with Gasteiger partial charge in [0.05, 0.1) is 27.6 Å². The van der Waals surface area contributed by atoms with Crippen LogP contribution in [0.4, 0.5) is 0 Å². The monoisotopic (exact) mass is 554 g/mol. The summed E-state index contributed by atoms with van der Waals surface area (Å²) in [6.07, 6.45) is 1.72. The fraction of sp³-hybridized carbons (Fsp3) is 0.429. The van der Waals surface area contributed by atoms with Gasteiger partial charge in [-0.1, -0.05) is 38.5 Å². The number of esters is 1. The van der Waals surface area contributed by atoms with Crippen LogP contribution in [0, 0.1) is 11.8 Å². The summed E-state index contributed by atoms with van der Waals surface area (Å²) in [7, 11) is 1.31. The van der Waals surface area contributed by atoms with Crippen LogP contribution in [0.5, 0.6) is 0 Å². The van der Waals surface area contributed by atoms with Crippen LogP contribution in [-0.2, 0) is 24.1 Å². The van der Waals surface area contributed by atoms with Crippen molar-refractivity contribution in [3.63, 3.8) is 0 Å². The molecule has 0 bridgehead atoms. The van der Waals surface area contributed by atoms with Gasteiger partial charge in [-0.2, -0.15) is 0 Å². The first-order valence-corrected chi connectivity index (χ1v) is 15.6. The van der Waals surface area contributed by atoms with Gasteiger partial charge in [0.1, 0.15) is 4.75 Å². The molecule has 3 atom stereocenters. The van der Waals surface area contributed by atoms with E-state index in [0.29, 0.717) is 23.3 Å². The minimum absolute atomic E-state index is 0.0593. The molecular formula is C28H32NO5S2Si. The Morgan fingerprint density at radius 1 is 1.03 bits per heavy atom. The third kappa shape index (κ3) is 5.13. The molecule has 6 nitrogen and oxygen atoms in total. The van der Waals surface area contributed by atoms with Crippen LogP contribution in [0.3, 0.4) is 0 Å². The lowest BCUT2D eigenvalue weighted by atomic mass is 9.78. The Labute approximate surface area is 226 Å². The highest BCUT2D eigenvalue weighted by Gasteiger charge is 2.57. The molecule has 1 fully saturated rings. The predicted molar refractivity (Wildman–Crippen MR) is 150 cm³/mol. The molecule has 1 amide bonds. The van der Waals surface area contributed by atoms with Gasteiger partial charge < -0.3 is 10.1 Å². The molecule has 0 spiro atoms. The molecule has 9 heteroatoms. The topological polar surface area (TPSA) is 89.5 Å². The lowest BCUT2D eigenvalue weighted by Gasteiger charge is -2.42. The highest BCUT2D eigenvalue weighted by atomic mass is 32.2. The fourth-order valence-electron chi connectivity index (χ4n) is 5.45. The van der Waals surface area contributed by atoms with E-state index in [0.717, 1.165) is 27.6 Å². The van der Waals surface area contributed by atoms with Crippen molar-refractivity contribution in [2.24, 2.45) is 11.8 Å². The minimum Gasteiger partial charge on any atom is -0.467 e. The maximum absolute atomic E-state index is 13.8. The number of hydrogen-bond acceptors (Lipinski definition) is 6. The smallest absolute Gasteiger partial charge is 0.311 e. The maximum atomic E-state index is 13.8. The number of amides is 1. The van der Waals surface area contributed by atoms with Crippen molar-refractivity contribution in [3.05, 3.63) is 59.0 Å². The third-order valence-corrected chi connectivity index (χ3v) is 11.3. The van der Waals surface area contributed by atoms with Crippen molar-refractivity contribution in [3.8, 4) is 10.4 Å². The molecular weight excluding hydrogens is 523 g/mol. The summed E-state index contributed by atoms with van der Waals surface area (Å²) in [6.45, 7) is 5.48. The van der Waals surface area contributed by atoms with Crippen molar-refractivity contribution in [2.45, 2.75) is 50.5 Å². The van der Waals surface area contributed by atoms with E-state index in [-0.39, 0.29) is 17.6 Å². The summed E-state index contributed by atoms with van der Waals surface area (Å²) in [5.41, 5.74) is 1.03. The van der Waals surface area contributed by atoms with Crippen molar-refractivity contribution < 1.29 is 22.7 Å². The summed E-state index contributed by atoms with van der Waals surface area (Å²) >= 11 is 1.43. The quantitative estimate of drug-likeness (QED) is 0.326. The van der Waals surface area contributed by atoms with E-state index < -0.39 is 32.2 Å². The number of benzene rings is 2. The molecule has 1 saturated heterocycles. The van der Waals surface area contributed by atoms with Crippen molar-refractivity contribution >= 4 is 54.1 Å². The average molecular weight is 555 g/mol. The van der Waals surface area contributed by atoms with Gasteiger partial charge in [-0.3, -0.25) is 9.59 Å². The van der Waals surface area contributed by atoms with E-state index in [1.54, 1.807) is 20.0 Å². The molecule has 195 valence electrons. The number of ether oxygens (including phenoxy) is 1. The van der Waals surface area contributed by atoms with Crippen LogP contribution in [0.25, 0.3) is 21.2 Å². The Hall–Kier alpha value is -2.49. The van der Waals surface area contributed by atoms with Crippen LogP contribution < -0.4 is 5.32 Å². The Bertz CT molecular complexity index is 1430. The molecule has 4 rings (SSSR count). The van der Waals surface area contributed by atoms with Crippen LogP contribution in [0.2, 0.25) is 0 Å². The van der Waals surface area contributed by atoms with Gasteiger partial charge in [-0.05, 0) is 72.4 Å². The molecule has 1 aliphatic rings. The number of rotatable bonds is 7. The van der Waals surface area contributed by atoms with Crippen molar-refractivity contribution in [1.82, 2.24) is 5.32 Å². The maximum Gasteiger partial charge on any atom is 0.311 e. The molecule has 2 heterocycles. The molecule has 2 unspecified atom stereocenters. The Balaban J connectivity index is 1.80. The number of thiophene rings is 1. The number of sulfone groups is 1. The Morgan fingerprint density at radius 3 is 2.38 bits per heavy atom. The first-order chi connectivity index (χ1) is 17.5. The summed E-state index contributed by atoms with van der Waals surface area (Å²) in [5, 5.41) is 4.57. The molecule has 0 aliphatic carbocycles. The van der Waals surface area contributed by atoms with Crippen molar-refractivity contribution in [1.29, 1.82) is 0 Å². The number of fused-ring (bicyclic) bond motifs is 1.